The van der Waals surface area contributed by atoms with Gasteiger partial charge in [0.05, 0.1) is 21.3 Å². The fourth-order valence-corrected chi connectivity index (χ4v) is 3.75. The Morgan fingerprint density at radius 2 is 1.84 bits per heavy atom. The van der Waals surface area contributed by atoms with Crippen LogP contribution in [-0.2, 0) is 16.0 Å². The van der Waals surface area contributed by atoms with Gasteiger partial charge in [0, 0.05) is 6.26 Å². The molecule has 2 aromatic rings. The van der Waals surface area contributed by atoms with Crippen molar-refractivity contribution in [3.05, 3.63) is 33.4 Å². The first kappa shape index (κ1) is 19.8. The smallest absolute Gasteiger partial charge is 0.381 e. The molecule has 25 heavy (non-hydrogen) atoms. The zero-order valence-corrected chi connectivity index (χ0v) is 15.3. The highest BCUT2D eigenvalue weighted by molar-refractivity contribution is 7.91. The van der Waals surface area contributed by atoms with Gasteiger partial charge in [-0.25, -0.2) is 8.42 Å². The van der Waals surface area contributed by atoms with Crippen LogP contribution in [-0.4, -0.2) is 29.9 Å². The summed E-state index contributed by atoms with van der Waals surface area (Å²) >= 11 is 16.7. The Hall–Kier alpha value is -1.56. The topological polar surface area (TPSA) is 101 Å². The average molecular weight is 433 g/mol. The van der Waals surface area contributed by atoms with Crippen LogP contribution >= 0.6 is 35.4 Å². The number of aromatic nitrogens is 2. The van der Waals surface area contributed by atoms with Gasteiger partial charge >= 0.3 is 6.18 Å². The van der Waals surface area contributed by atoms with Crippen LogP contribution in [0.4, 0.5) is 24.7 Å². The molecule has 0 saturated heterocycles. The van der Waals surface area contributed by atoms with Crippen molar-refractivity contribution in [2.24, 2.45) is 0 Å². The molecule has 0 unspecified atom stereocenters. The van der Waals surface area contributed by atoms with Crippen LogP contribution in [0.15, 0.2) is 17.0 Å². The van der Waals surface area contributed by atoms with Crippen molar-refractivity contribution < 1.29 is 21.6 Å². The molecule has 0 aliphatic rings. The van der Waals surface area contributed by atoms with Gasteiger partial charge in [-0.15, -0.1) is 0 Å². The summed E-state index contributed by atoms with van der Waals surface area (Å²) in [5.41, 5.74) is 4.21. The lowest BCUT2D eigenvalue weighted by Crippen LogP contribution is -2.16. The SMILES string of the molecule is CS(=O)(=O)c1c(N)n[nH]c1C(=S)Nc1c(Cl)cc(C(F)(F)F)cc1Cl. The number of anilines is 2. The maximum Gasteiger partial charge on any atom is 0.416 e. The first-order valence-corrected chi connectivity index (χ1v) is 9.29. The van der Waals surface area contributed by atoms with Gasteiger partial charge in [-0.1, -0.05) is 35.4 Å². The van der Waals surface area contributed by atoms with Gasteiger partial charge in [0.1, 0.15) is 15.6 Å². The van der Waals surface area contributed by atoms with E-state index in [1.807, 2.05) is 0 Å². The van der Waals surface area contributed by atoms with E-state index in [1.54, 1.807) is 0 Å². The lowest BCUT2D eigenvalue weighted by molar-refractivity contribution is -0.137. The molecule has 0 aliphatic carbocycles. The minimum absolute atomic E-state index is 0.117. The van der Waals surface area contributed by atoms with Gasteiger partial charge in [-0.3, -0.25) is 5.10 Å². The minimum atomic E-state index is -4.63. The number of thiocarbonyl (C=S) groups is 1. The van der Waals surface area contributed by atoms with Gasteiger partial charge in [0.15, 0.2) is 15.7 Å². The van der Waals surface area contributed by atoms with Crippen molar-refractivity contribution in [1.82, 2.24) is 10.2 Å². The van der Waals surface area contributed by atoms with E-state index in [2.05, 4.69) is 15.5 Å². The number of aromatic amines is 1. The van der Waals surface area contributed by atoms with Crippen LogP contribution in [0.5, 0.6) is 0 Å². The summed E-state index contributed by atoms with van der Waals surface area (Å²) in [6.07, 6.45) is -3.73. The third-order valence-electron chi connectivity index (χ3n) is 2.95. The fourth-order valence-electron chi connectivity index (χ4n) is 1.91. The number of nitrogen functional groups attached to an aromatic ring is 1. The highest BCUT2D eigenvalue weighted by Crippen LogP contribution is 2.38. The molecule has 136 valence electrons. The molecular formula is C12H9Cl2F3N4O2S2. The second-order valence-corrected chi connectivity index (χ2v) is 8.03. The highest BCUT2D eigenvalue weighted by Gasteiger charge is 2.32. The van der Waals surface area contributed by atoms with Crippen LogP contribution in [0.25, 0.3) is 0 Å². The molecule has 0 radical (unpaired) electrons. The van der Waals surface area contributed by atoms with Crippen LogP contribution in [0, 0.1) is 0 Å². The normalized spacial score (nSPS) is 12.2. The third-order valence-corrected chi connectivity index (χ3v) is 5.01. The van der Waals surface area contributed by atoms with E-state index in [1.165, 1.54) is 0 Å². The predicted octanol–water partition coefficient (Wildman–Crippen LogP) is 3.51. The van der Waals surface area contributed by atoms with Crippen molar-refractivity contribution >= 4 is 61.8 Å². The largest absolute Gasteiger partial charge is 0.416 e. The molecule has 1 heterocycles. The molecule has 4 N–H and O–H groups in total. The average Bonchev–Trinajstić information content (AvgIpc) is 2.83. The Kier molecular flexibility index (Phi) is 5.24. The molecule has 0 bridgehead atoms. The van der Waals surface area contributed by atoms with Gasteiger partial charge in [0.25, 0.3) is 0 Å². The molecule has 6 nitrogen and oxygen atoms in total. The summed E-state index contributed by atoms with van der Waals surface area (Å²) in [7, 11) is -3.77. The second kappa shape index (κ2) is 6.63. The predicted molar refractivity (Wildman–Crippen MR) is 92.9 cm³/mol. The molecule has 0 fully saturated rings. The van der Waals surface area contributed by atoms with Crippen LogP contribution in [0.3, 0.4) is 0 Å². The number of nitrogens with one attached hydrogen (secondary N) is 2. The first-order chi connectivity index (χ1) is 11.3. The van der Waals surface area contributed by atoms with E-state index in [-0.39, 0.29) is 37.1 Å². The molecule has 0 aliphatic heterocycles. The molecule has 0 amide bonds. The van der Waals surface area contributed by atoms with Crippen LogP contribution in [0.1, 0.15) is 11.3 Å². The number of sulfone groups is 1. The highest BCUT2D eigenvalue weighted by atomic mass is 35.5. The zero-order valence-electron chi connectivity index (χ0n) is 12.2. The Labute approximate surface area is 155 Å². The maximum atomic E-state index is 12.7. The number of alkyl halides is 3. The van der Waals surface area contributed by atoms with Crippen molar-refractivity contribution in [1.29, 1.82) is 0 Å². The number of hydrogen-bond donors (Lipinski definition) is 3. The van der Waals surface area contributed by atoms with Crippen LogP contribution in [0.2, 0.25) is 10.0 Å². The zero-order chi connectivity index (χ0) is 19.2. The number of nitrogens with two attached hydrogens (primary N) is 1. The Morgan fingerprint density at radius 3 is 2.28 bits per heavy atom. The van der Waals surface area contributed by atoms with Gasteiger partial charge in [0.2, 0.25) is 0 Å². The summed E-state index contributed by atoms with van der Waals surface area (Å²) < 4.78 is 61.8. The number of halogens is 5. The number of nitrogens with zero attached hydrogens (tertiary/aromatic N) is 1. The van der Waals surface area contributed by atoms with Gasteiger partial charge < -0.3 is 11.1 Å². The maximum absolute atomic E-state index is 12.7. The summed E-state index contributed by atoms with van der Waals surface area (Å²) in [5, 5.41) is 7.73. The number of H-pyrrole nitrogens is 1. The number of rotatable bonds is 3. The van der Waals surface area contributed by atoms with E-state index in [0.29, 0.717) is 12.1 Å². The summed E-state index contributed by atoms with van der Waals surface area (Å²) in [4.78, 5) is -0.558. The van der Waals surface area contributed by atoms with Gasteiger partial charge in [-0.2, -0.15) is 18.3 Å². The summed E-state index contributed by atoms with van der Waals surface area (Å²) in [6, 6.07) is 1.33. The monoisotopic (exact) mass is 432 g/mol. The molecule has 1 aromatic heterocycles. The molecular weight excluding hydrogens is 424 g/mol. The molecule has 1 aromatic carbocycles. The van der Waals surface area contributed by atoms with Crippen molar-refractivity contribution in [2.45, 2.75) is 11.1 Å². The minimum Gasteiger partial charge on any atom is -0.381 e. The first-order valence-electron chi connectivity index (χ1n) is 6.24. The lowest BCUT2D eigenvalue weighted by Gasteiger charge is -2.14. The standard InChI is InChI=1S/C12H9Cl2F3N4O2S2/c1-25(22,23)9-8(20-21-10(9)18)11(24)19-7-5(13)2-4(3-6(7)14)12(15,16)17/h2-3H,1H3,(H,19,24)(H3,18,20,21). The second-order valence-electron chi connectivity index (χ2n) is 4.85. The van der Waals surface area contributed by atoms with E-state index in [9.17, 15) is 21.6 Å². The van der Waals surface area contributed by atoms with Crippen molar-refractivity contribution in [3.63, 3.8) is 0 Å². The molecule has 2 rings (SSSR count). The lowest BCUT2D eigenvalue weighted by atomic mass is 10.2. The van der Waals surface area contributed by atoms with Crippen molar-refractivity contribution in [3.8, 4) is 0 Å². The fraction of sp³-hybridized carbons (Fsp3) is 0.167. The van der Waals surface area contributed by atoms with Crippen LogP contribution < -0.4 is 11.1 Å². The molecule has 0 saturated carbocycles. The third kappa shape index (κ3) is 4.17. The van der Waals surface area contributed by atoms with E-state index in [0.717, 1.165) is 6.26 Å². The number of benzene rings is 1. The van der Waals surface area contributed by atoms with E-state index in [4.69, 9.17) is 41.2 Å². The molecule has 0 spiro atoms. The van der Waals surface area contributed by atoms with Gasteiger partial charge in [-0.05, 0) is 12.1 Å². The Bertz CT molecular complexity index is 935. The summed E-state index contributed by atoms with van der Waals surface area (Å²) in [6.45, 7) is 0. The van der Waals surface area contributed by atoms with Crippen molar-refractivity contribution in [2.75, 3.05) is 17.3 Å². The van der Waals surface area contributed by atoms with E-state index >= 15 is 0 Å². The quantitative estimate of drug-likeness (QED) is 0.641. The Balaban J connectivity index is 2.44. The Morgan fingerprint density at radius 1 is 1.32 bits per heavy atom. The molecule has 13 heteroatoms. The van der Waals surface area contributed by atoms with E-state index < -0.39 is 21.6 Å². The molecule has 0 atom stereocenters. The number of hydrogen-bond acceptors (Lipinski definition) is 5. The summed E-state index contributed by atoms with van der Waals surface area (Å²) in [5.74, 6) is -0.300.